The van der Waals surface area contributed by atoms with Gasteiger partial charge in [0.2, 0.25) is 0 Å². The fourth-order valence-corrected chi connectivity index (χ4v) is 2.51. The molecule has 3 heteroatoms. The number of benzene rings is 1. The van der Waals surface area contributed by atoms with Gasteiger partial charge in [-0.1, -0.05) is 37.6 Å². The third-order valence-corrected chi connectivity index (χ3v) is 3.82. The molecule has 0 spiro atoms. The SMILES string of the molecule is CC(Cc1ccc(Cl)cc1)NCC(C(C)C)N(C)C. The minimum Gasteiger partial charge on any atom is -0.312 e. The molecule has 1 aromatic rings. The van der Waals surface area contributed by atoms with Gasteiger partial charge in [-0.05, 0) is 51.1 Å². The number of likely N-dealkylation sites (N-methyl/N-ethyl adjacent to an activating group) is 1. The summed E-state index contributed by atoms with van der Waals surface area (Å²) in [4.78, 5) is 2.30. The third kappa shape index (κ3) is 5.94. The Hall–Kier alpha value is -0.570. The Kier molecular flexibility index (Phi) is 6.84. The summed E-state index contributed by atoms with van der Waals surface area (Å²) in [6.07, 6.45) is 1.04. The monoisotopic (exact) mass is 282 g/mol. The van der Waals surface area contributed by atoms with Crippen LogP contribution in [0.3, 0.4) is 0 Å². The van der Waals surface area contributed by atoms with E-state index in [0.717, 1.165) is 18.0 Å². The fourth-order valence-electron chi connectivity index (χ4n) is 2.38. The van der Waals surface area contributed by atoms with Crippen LogP contribution in [0.2, 0.25) is 5.02 Å². The van der Waals surface area contributed by atoms with E-state index in [0.29, 0.717) is 18.0 Å². The Morgan fingerprint density at radius 3 is 2.16 bits per heavy atom. The molecule has 0 heterocycles. The van der Waals surface area contributed by atoms with Gasteiger partial charge in [0.15, 0.2) is 0 Å². The molecule has 0 aliphatic heterocycles. The van der Waals surface area contributed by atoms with Crippen molar-refractivity contribution in [3.63, 3.8) is 0 Å². The first-order valence-electron chi connectivity index (χ1n) is 7.04. The van der Waals surface area contributed by atoms with E-state index in [1.807, 2.05) is 12.1 Å². The molecule has 1 N–H and O–H groups in total. The Balaban J connectivity index is 2.42. The van der Waals surface area contributed by atoms with Gasteiger partial charge in [0.1, 0.15) is 0 Å². The van der Waals surface area contributed by atoms with Crippen LogP contribution in [-0.4, -0.2) is 37.6 Å². The van der Waals surface area contributed by atoms with Gasteiger partial charge in [-0.15, -0.1) is 0 Å². The molecule has 1 rings (SSSR count). The molecular weight excluding hydrogens is 256 g/mol. The van der Waals surface area contributed by atoms with Crippen molar-refractivity contribution in [3.05, 3.63) is 34.9 Å². The minimum absolute atomic E-state index is 0.474. The zero-order valence-electron chi connectivity index (χ0n) is 12.8. The molecule has 0 aromatic heterocycles. The van der Waals surface area contributed by atoms with Crippen LogP contribution in [0.4, 0.5) is 0 Å². The lowest BCUT2D eigenvalue weighted by Gasteiger charge is -2.29. The van der Waals surface area contributed by atoms with Crippen molar-refractivity contribution in [2.45, 2.75) is 39.3 Å². The van der Waals surface area contributed by atoms with Gasteiger partial charge in [-0.3, -0.25) is 0 Å². The van der Waals surface area contributed by atoms with E-state index in [1.165, 1.54) is 5.56 Å². The summed E-state index contributed by atoms with van der Waals surface area (Å²) in [7, 11) is 4.30. The number of halogens is 1. The maximum Gasteiger partial charge on any atom is 0.0406 e. The van der Waals surface area contributed by atoms with Crippen molar-refractivity contribution in [2.24, 2.45) is 5.92 Å². The normalized spacial score (nSPS) is 14.9. The second kappa shape index (κ2) is 7.88. The van der Waals surface area contributed by atoms with E-state index in [2.05, 4.69) is 57.2 Å². The summed E-state index contributed by atoms with van der Waals surface area (Å²) in [6.45, 7) is 7.81. The summed E-state index contributed by atoms with van der Waals surface area (Å²) in [5.41, 5.74) is 1.33. The summed E-state index contributed by atoms with van der Waals surface area (Å²) in [5, 5.41) is 4.44. The van der Waals surface area contributed by atoms with Crippen molar-refractivity contribution in [1.82, 2.24) is 10.2 Å². The van der Waals surface area contributed by atoms with E-state index in [1.54, 1.807) is 0 Å². The van der Waals surface area contributed by atoms with Gasteiger partial charge >= 0.3 is 0 Å². The van der Waals surface area contributed by atoms with Crippen molar-refractivity contribution in [3.8, 4) is 0 Å². The van der Waals surface area contributed by atoms with Crippen LogP contribution in [0.15, 0.2) is 24.3 Å². The number of hydrogen-bond acceptors (Lipinski definition) is 2. The molecule has 2 nitrogen and oxygen atoms in total. The lowest BCUT2D eigenvalue weighted by atomic mass is 10.0. The largest absolute Gasteiger partial charge is 0.312 e. The van der Waals surface area contributed by atoms with Crippen molar-refractivity contribution >= 4 is 11.6 Å². The molecule has 0 radical (unpaired) electrons. The van der Waals surface area contributed by atoms with E-state index >= 15 is 0 Å². The Bertz CT molecular complexity index is 352. The number of nitrogens with one attached hydrogen (secondary N) is 1. The topological polar surface area (TPSA) is 15.3 Å². The molecule has 19 heavy (non-hydrogen) atoms. The predicted octanol–water partition coefficient (Wildman–Crippen LogP) is 3.45. The molecule has 0 bridgehead atoms. The van der Waals surface area contributed by atoms with Crippen LogP contribution in [-0.2, 0) is 6.42 Å². The maximum atomic E-state index is 5.90. The van der Waals surface area contributed by atoms with Crippen LogP contribution in [0.5, 0.6) is 0 Å². The number of hydrogen-bond donors (Lipinski definition) is 1. The second-order valence-corrected chi connectivity index (χ2v) is 6.35. The third-order valence-electron chi connectivity index (χ3n) is 3.56. The molecular formula is C16H27ClN2. The standard InChI is InChI=1S/C16H27ClN2/c1-12(2)16(19(4)5)11-18-13(3)10-14-6-8-15(17)9-7-14/h6-9,12-13,16,18H,10-11H2,1-5H3. The lowest BCUT2D eigenvalue weighted by Crippen LogP contribution is -2.44. The van der Waals surface area contributed by atoms with E-state index < -0.39 is 0 Å². The summed E-state index contributed by atoms with van der Waals surface area (Å²) in [5.74, 6) is 0.658. The zero-order chi connectivity index (χ0) is 14.4. The molecule has 2 atom stereocenters. The van der Waals surface area contributed by atoms with Crippen molar-refractivity contribution in [1.29, 1.82) is 0 Å². The highest BCUT2D eigenvalue weighted by Gasteiger charge is 2.16. The van der Waals surface area contributed by atoms with Crippen molar-refractivity contribution in [2.75, 3.05) is 20.6 Å². The fraction of sp³-hybridized carbons (Fsp3) is 0.625. The Morgan fingerprint density at radius 1 is 1.11 bits per heavy atom. The maximum absolute atomic E-state index is 5.90. The van der Waals surface area contributed by atoms with Crippen LogP contribution >= 0.6 is 11.6 Å². The van der Waals surface area contributed by atoms with Gasteiger partial charge in [0.25, 0.3) is 0 Å². The van der Waals surface area contributed by atoms with E-state index in [4.69, 9.17) is 11.6 Å². The minimum atomic E-state index is 0.474. The molecule has 0 amide bonds. The van der Waals surface area contributed by atoms with Crippen LogP contribution in [0.25, 0.3) is 0 Å². The highest BCUT2D eigenvalue weighted by molar-refractivity contribution is 6.30. The second-order valence-electron chi connectivity index (χ2n) is 5.91. The summed E-state index contributed by atoms with van der Waals surface area (Å²) < 4.78 is 0. The zero-order valence-corrected chi connectivity index (χ0v) is 13.5. The molecule has 108 valence electrons. The smallest absolute Gasteiger partial charge is 0.0406 e. The molecule has 1 aromatic carbocycles. The number of rotatable bonds is 7. The first-order valence-corrected chi connectivity index (χ1v) is 7.42. The summed E-state index contributed by atoms with van der Waals surface area (Å²) in [6, 6.07) is 9.18. The Labute approximate surface area is 123 Å². The number of nitrogens with zero attached hydrogens (tertiary/aromatic N) is 1. The van der Waals surface area contributed by atoms with E-state index in [9.17, 15) is 0 Å². The highest BCUT2D eigenvalue weighted by Crippen LogP contribution is 2.11. The average Bonchev–Trinajstić information content (AvgIpc) is 2.31. The van der Waals surface area contributed by atoms with Crippen LogP contribution < -0.4 is 5.32 Å². The van der Waals surface area contributed by atoms with E-state index in [-0.39, 0.29) is 0 Å². The lowest BCUT2D eigenvalue weighted by molar-refractivity contribution is 0.219. The van der Waals surface area contributed by atoms with Gasteiger partial charge in [0, 0.05) is 23.7 Å². The molecule has 0 aliphatic rings. The van der Waals surface area contributed by atoms with Crippen molar-refractivity contribution < 1.29 is 0 Å². The molecule has 0 saturated heterocycles. The van der Waals surface area contributed by atoms with Crippen LogP contribution in [0.1, 0.15) is 26.3 Å². The molecule has 0 saturated carbocycles. The van der Waals surface area contributed by atoms with Gasteiger partial charge in [-0.25, -0.2) is 0 Å². The average molecular weight is 283 g/mol. The first-order chi connectivity index (χ1) is 8.90. The molecule has 0 aliphatic carbocycles. The van der Waals surface area contributed by atoms with Gasteiger partial charge < -0.3 is 10.2 Å². The van der Waals surface area contributed by atoms with Crippen LogP contribution in [0, 0.1) is 5.92 Å². The highest BCUT2D eigenvalue weighted by atomic mass is 35.5. The molecule has 0 fully saturated rings. The quantitative estimate of drug-likeness (QED) is 0.824. The Morgan fingerprint density at radius 2 is 1.68 bits per heavy atom. The predicted molar refractivity (Wildman–Crippen MR) is 84.9 cm³/mol. The molecule has 2 unspecified atom stereocenters. The van der Waals surface area contributed by atoms with Gasteiger partial charge in [-0.2, -0.15) is 0 Å². The summed E-state index contributed by atoms with van der Waals surface area (Å²) >= 11 is 5.90. The van der Waals surface area contributed by atoms with Gasteiger partial charge in [0.05, 0.1) is 0 Å². The first kappa shape index (κ1) is 16.5.